The van der Waals surface area contributed by atoms with E-state index in [9.17, 15) is 18.0 Å². The van der Waals surface area contributed by atoms with Gasteiger partial charge >= 0.3 is 0 Å². The van der Waals surface area contributed by atoms with E-state index in [1.165, 1.54) is 16.4 Å². The summed E-state index contributed by atoms with van der Waals surface area (Å²) in [5.74, 6) is -0.405. The number of nitrogens with zero attached hydrogens (tertiary/aromatic N) is 1. The Labute approximate surface area is 234 Å². The highest BCUT2D eigenvalue weighted by Gasteiger charge is 2.37. The number of rotatable bonds is 6. The van der Waals surface area contributed by atoms with Crippen LogP contribution in [0.15, 0.2) is 108 Å². The van der Waals surface area contributed by atoms with Crippen LogP contribution >= 0.6 is 0 Å². The van der Waals surface area contributed by atoms with Crippen molar-refractivity contribution in [3.05, 3.63) is 120 Å². The summed E-state index contributed by atoms with van der Waals surface area (Å²) in [6, 6.07) is 29.0. The van der Waals surface area contributed by atoms with Crippen molar-refractivity contribution in [2.24, 2.45) is 0 Å². The number of carbonyl (C=O) groups is 2. The molecule has 0 fully saturated rings. The third kappa shape index (κ3) is 5.49. The molecule has 4 aromatic carbocycles. The predicted molar refractivity (Wildman–Crippen MR) is 155 cm³/mol. The van der Waals surface area contributed by atoms with Crippen molar-refractivity contribution < 1.29 is 22.7 Å². The van der Waals surface area contributed by atoms with Crippen molar-refractivity contribution in [3.63, 3.8) is 0 Å². The molecule has 204 valence electrons. The quantitative estimate of drug-likeness (QED) is 0.304. The maximum absolute atomic E-state index is 13.5. The molecule has 1 heterocycles. The SMILES string of the molecule is CC(C)(C)c1ccc(C(=O)c2cccc(NC(=O)C3CN(S(=O)(=O)c4ccccc4)c4ccccc4O3)c2)cc1. The van der Waals surface area contributed by atoms with Crippen molar-refractivity contribution in [1.29, 1.82) is 0 Å². The van der Waals surface area contributed by atoms with Gasteiger partial charge in [0.1, 0.15) is 5.75 Å². The molecule has 4 aromatic rings. The Balaban J connectivity index is 1.36. The van der Waals surface area contributed by atoms with Crippen molar-refractivity contribution in [3.8, 4) is 5.75 Å². The number of anilines is 2. The summed E-state index contributed by atoms with van der Waals surface area (Å²) in [7, 11) is -3.95. The number of sulfonamides is 1. The van der Waals surface area contributed by atoms with Crippen LogP contribution in [0.25, 0.3) is 0 Å². The van der Waals surface area contributed by atoms with Crippen molar-refractivity contribution in [2.75, 3.05) is 16.2 Å². The first kappa shape index (κ1) is 27.1. The summed E-state index contributed by atoms with van der Waals surface area (Å²) >= 11 is 0. The van der Waals surface area contributed by atoms with E-state index < -0.39 is 22.0 Å². The zero-order valence-electron chi connectivity index (χ0n) is 22.5. The Kier molecular flexibility index (Phi) is 7.21. The Morgan fingerprint density at radius 3 is 2.20 bits per heavy atom. The highest BCUT2D eigenvalue weighted by Crippen LogP contribution is 2.37. The van der Waals surface area contributed by atoms with Gasteiger partial charge in [-0.2, -0.15) is 0 Å². The van der Waals surface area contributed by atoms with Crippen molar-refractivity contribution in [2.45, 2.75) is 37.2 Å². The molecule has 0 aromatic heterocycles. The van der Waals surface area contributed by atoms with Crippen LogP contribution in [0, 0.1) is 0 Å². The van der Waals surface area contributed by atoms with Crippen LogP contribution in [-0.4, -0.2) is 32.8 Å². The zero-order valence-corrected chi connectivity index (χ0v) is 23.3. The van der Waals surface area contributed by atoms with Crippen LogP contribution in [0.1, 0.15) is 42.3 Å². The standard InChI is InChI=1S/C32H30N2O5S/c1-32(2,3)24-18-16-22(17-19-24)30(35)23-10-9-11-25(20-23)33-31(36)29-21-34(27-14-7-8-15-28(27)39-29)40(37,38)26-12-5-4-6-13-26/h4-20,29H,21H2,1-3H3,(H,33,36). The van der Waals surface area contributed by atoms with Crippen molar-refractivity contribution in [1.82, 2.24) is 0 Å². The molecule has 7 nitrogen and oxygen atoms in total. The molecular weight excluding hydrogens is 524 g/mol. The Morgan fingerprint density at radius 2 is 1.50 bits per heavy atom. The molecule has 0 radical (unpaired) electrons. The molecule has 0 saturated heterocycles. The highest BCUT2D eigenvalue weighted by atomic mass is 32.2. The van der Waals surface area contributed by atoms with Gasteiger partial charge in [0.2, 0.25) is 0 Å². The Bertz CT molecular complexity index is 1660. The molecule has 1 unspecified atom stereocenters. The lowest BCUT2D eigenvalue weighted by Crippen LogP contribution is -2.48. The second-order valence-corrected chi connectivity index (χ2v) is 12.5. The summed E-state index contributed by atoms with van der Waals surface area (Å²) in [5, 5.41) is 2.79. The van der Waals surface area contributed by atoms with E-state index in [2.05, 4.69) is 26.1 Å². The molecular formula is C32H30N2O5S. The molecule has 0 saturated carbocycles. The molecule has 1 N–H and O–H groups in total. The molecule has 1 amide bonds. The monoisotopic (exact) mass is 554 g/mol. The maximum atomic E-state index is 13.5. The van der Waals surface area contributed by atoms with Gasteiger partial charge in [0, 0.05) is 16.8 Å². The van der Waals surface area contributed by atoms with E-state index in [-0.39, 0.29) is 28.4 Å². The number of hydrogen-bond acceptors (Lipinski definition) is 5. The lowest BCUT2D eigenvalue weighted by atomic mass is 9.86. The minimum atomic E-state index is -3.95. The Morgan fingerprint density at radius 1 is 0.825 bits per heavy atom. The molecule has 8 heteroatoms. The second kappa shape index (κ2) is 10.6. The predicted octanol–water partition coefficient (Wildman–Crippen LogP) is 5.81. The molecule has 1 aliphatic heterocycles. The lowest BCUT2D eigenvalue weighted by Gasteiger charge is -2.34. The van der Waals surface area contributed by atoms with Gasteiger partial charge < -0.3 is 10.1 Å². The molecule has 1 atom stereocenters. The van der Waals surface area contributed by atoms with Gasteiger partial charge in [0.15, 0.2) is 11.9 Å². The van der Waals surface area contributed by atoms with E-state index in [1.807, 2.05) is 24.3 Å². The third-order valence-electron chi connectivity index (χ3n) is 6.76. The maximum Gasteiger partial charge on any atom is 0.267 e. The van der Waals surface area contributed by atoms with Crippen LogP contribution in [-0.2, 0) is 20.2 Å². The van der Waals surface area contributed by atoms with Crippen LogP contribution < -0.4 is 14.4 Å². The minimum Gasteiger partial charge on any atom is -0.476 e. The fourth-order valence-electron chi connectivity index (χ4n) is 4.54. The molecule has 0 spiro atoms. The van der Waals surface area contributed by atoms with Crippen molar-refractivity contribution >= 4 is 33.1 Å². The molecule has 40 heavy (non-hydrogen) atoms. The number of fused-ring (bicyclic) bond motifs is 1. The summed E-state index contributed by atoms with van der Waals surface area (Å²) in [6.45, 7) is 6.13. The fourth-order valence-corrected chi connectivity index (χ4v) is 6.03. The first-order chi connectivity index (χ1) is 19.0. The summed E-state index contributed by atoms with van der Waals surface area (Å²) < 4.78 is 34.1. The van der Waals surface area contributed by atoms with Gasteiger partial charge in [0.25, 0.3) is 15.9 Å². The average molecular weight is 555 g/mol. The third-order valence-corrected chi connectivity index (χ3v) is 8.56. The van der Waals surface area contributed by atoms with E-state index >= 15 is 0 Å². The van der Waals surface area contributed by atoms with Gasteiger partial charge in [-0.25, -0.2) is 8.42 Å². The number of ketones is 1. The van der Waals surface area contributed by atoms with Crippen LogP contribution in [0.5, 0.6) is 5.75 Å². The van der Waals surface area contributed by atoms with Gasteiger partial charge in [-0.3, -0.25) is 13.9 Å². The largest absolute Gasteiger partial charge is 0.476 e. The first-order valence-electron chi connectivity index (χ1n) is 12.9. The summed E-state index contributed by atoms with van der Waals surface area (Å²) in [4.78, 5) is 26.6. The zero-order chi connectivity index (χ0) is 28.5. The molecule has 1 aliphatic rings. The van der Waals surface area contributed by atoms with Gasteiger partial charge in [-0.05, 0) is 47.4 Å². The number of amides is 1. The number of hydrogen-bond donors (Lipinski definition) is 1. The van der Waals surface area contributed by atoms with E-state index in [1.54, 1.807) is 66.7 Å². The van der Waals surface area contributed by atoms with Crippen LogP contribution in [0.3, 0.4) is 0 Å². The van der Waals surface area contributed by atoms with Gasteiger partial charge in [0.05, 0.1) is 17.1 Å². The van der Waals surface area contributed by atoms with Gasteiger partial charge in [-0.15, -0.1) is 0 Å². The summed E-state index contributed by atoms with van der Waals surface area (Å²) in [6.07, 6.45) is -1.11. The van der Waals surface area contributed by atoms with E-state index in [0.29, 0.717) is 22.5 Å². The van der Waals surface area contributed by atoms with Crippen LogP contribution in [0.4, 0.5) is 11.4 Å². The first-order valence-corrected chi connectivity index (χ1v) is 14.4. The van der Waals surface area contributed by atoms with Gasteiger partial charge in [-0.1, -0.05) is 87.5 Å². The number of para-hydroxylation sites is 2. The highest BCUT2D eigenvalue weighted by molar-refractivity contribution is 7.92. The molecule has 0 aliphatic carbocycles. The average Bonchev–Trinajstić information content (AvgIpc) is 2.96. The lowest BCUT2D eigenvalue weighted by molar-refractivity contribution is -0.122. The number of benzene rings is 4. The number of ether oxygens (including phenoxy) is 1. The fraction of sp³-hybridized carbons (Fsp3) is 0.188. The van der Waals surface area contributed by atoms with Crippen LogP contribution in [0.2, 0.25) is 0 Å². The summed E-state index contributed by atoms with van der Waals surface area (Å²) in [5.41, 5.74) is 2.84. The number of carbonyl (C=O) groups excluding carboxylic acids is 2. The van der Waals surface area contributed by atoms with E-state index in [4.69, 9.17) is 4.74 Å². The second-order valence-electron chi connectivity index (χ2n) is 10.6. The molecule has 5 rings (SSSR count). The Hall–Kier alpha value is -4.43. The topological polar surface area (TPSA) is 92.8 Å². The molecule has 0 bridgehead atoms. The normalized spacial score (nSPS) is 15.1. The smallest absolute Gasteiger partial charge is 0.267 e. The number of nitrogens with one attached hydrogen (secondary N) is 1. The van der Waals surface area contributed by atoms with E-state index in [0.717, 1.165) is 5.56 Å². The minimum absolute atomic E-state index is 0.0243.